The van der Waals surface area contributed by atoms with E-state index < -0.39 is 29.2 Å². The van der Waals surface area contributed by atoms with Crippen LogP contribution in [0.15, 0.2) is 66.3 Å². The number of hydrogen-bond donors (Lipinski definition) is 4. The largest absolute Gasteiger partial charge is 0.508 e. The number of phenolic OH excluding ortho intramolecular Hbond substituents is 1. The second kappa shape index (κ2) is 23.9. The number of carbonyl (C=O) groups excluding carboxylic acids is 3. The zero-order valence-electron chi connectivity index (χ0n) is 45.6. The Kier molecular flexibility index (Phi) is 16.9. The Morgan fingerprint density at radius 1 is 0.936 bits per heavy atom. The molecule has 10 rings (SSSR count). The molecule has 5 unspecified atom stereocenters. The predicted octanol–water partition coefficient (Wildman–Crippen LogP) is 7.90. The number of nitrogens with one attached hydrogen (secondary N) is 3. The van der Waals surface area contributed by atoms with E-state index >= 15 is 4.39 Å². The van der Waals surface area contributed by atoms with Crippen molar-refractivity contribution in [3.8, 4) is 33.5 Å². The molecule has 3 amide bonds. The number of anilines is 1. The molecule has 0 radical (unpaired) electrons. The van der Waals surface area contributed by atoms with Crippen LogP contribution in [0.25, 0.3) is 43.4 Å². The highest BCUT2D eigenvalue weighted by molar-refractivity contribution is 7.13. The van der Waals surface area contributed by atoms with Gasteiger partial charge in [-0.3, -0.25) is 24.3 Å². The number of amides is 3. The highest BCUT2D eigenvalue weighted by Crippen LogP contribution is 2.39. The Labute approximate surface area is 459 Å². The van der Waals surface area contributed by atoms with Gasteiger partial charge in [-0.1, -0.05) is 70.2 Å². The number of pyridine rings is 1. The summed E-state index contributed by atoms with van der Waals surface area (Å²) < 4.78 is 35.2. The first kappa shape index (κ1) is 55.0. The van der Waals surface area contributed by atoms with Crippen molar-refractivity contribution in [1.29, 1.82) is 0 Å². The fourth-order valence-electron chi connectivity index (χ4n) is 11.7. The van der Waals surface area contributed by atoms with Gasteiger partial charge in [0, 0.05) is 63.1 Å². The van der Waals surface area contributed by atoms with Crippen molar-refractivity contribution >= 4 is 56.6 Å². The van der Waals surface area contributed by atoms with Gasteiger partial charge in [-0.05, 0) is 104 Å². The zero-order valence-corrected chi connectivity index (χ0v) is 46.5. The van der Waals surface area contributed by atoms with Crippen molar-refractivity contribution in [2.45, 2.75) is 123 Å². The van der Waals surface area contributed by atoms with Crippen LogP contribution in [0.1, 0.15) is 96.0 Å². The number of piperidine rings is 1. The van der Waals surface area contributed by atoms with Crippen molar-refractivity contribution in [2.75, 3.05) is 70.6 Å². The predicted molar refractivity (Wildman–Crippen MR) is 300 cm³/mol. The molecule has 4 aliphatic rings. The lowest BCUT2D eigenvalue weighted by Gasteiger charge is -2.35. The standard InChI is InChI=1S/C59H73FN10O7S/c1-7-37-10-8-11-40-28-43(71)29-45(49(37)40)51-50(60)52-46(30-61-51)55(69-31-41-17-18-42(32-69)64-41)67-58(66-52)77-25-24-68-22-19-44(20-23-68)76-27-26-75-33-48(72)65-54(59(4,5)6)57(74)70-21-9-12-47(70)56(73)63-35(2)38-13-15-39(16-14-38)53-36(3)62-34-78-53/h8,10-11,13-16,28-30,34-35,41-42,44,47,54,64,71H,7,9,12,17-27,31-33H2,1-6H3,(H,63,73)(H,65,72). The van der Waals surface area contributed by atoms with Gasteiger partial charge in [-0.25, -0.2) is 9.37 Å². The minimum Gasteiger partial charge on any atom is -0.508 e. The Balaban J connectivity index is 0.684. The van der Waals surface area contributed by atoms with Gasteiger partial charge < -0.3 is 45.1 Å². The Bertz CT molecular complexity index is 3110. The fraction of sp³-hybridized carbons (Fsp3) is 0.508. The number of hydrogen-bond acceptors (Lipinski definition) is 15. The maximum atomic E-state index is 17.1. The average molecular weight is 1090 g/mol. The smallest absolute Gasteiger partial charge is 0.319 e. The van der Waals surface area contributed by atoms with Gasteiger partial charge in [-0.2, -0.15) is 9.97 Å². The van der Waals surface area contributed by atoms with Crippen molar-refractivity contribution in [1.82, 2.24) is 45.7 Å². The molecular formula is C59H73FN10O7S. The first-order chi connectivity index (χ1) is 37.6. The van der Waals surface area contributed by atoms with Crippen LogP contribution in [0.5, 0.6) is 11.8 Å². The summed E-state index contributed by atoms with van der Waals surface area (Å²) >= 11 is 1.60. The third-order valence-corrected chi connectivity index (χ3v) is 16.8. The Hall–Kier alpha value is -6.38. The number of likely N-dealkylation sites (tertiary alicyclic amines) is 2. The summed E-state index contributed by atoms with van der Waals surface area (Å²) in [5.41, 5.74) is 6.01. The Morgan fingerprint density at radius 3 is 2.42 bits per heavy atom. The molecule has 19 heteroatoms. The van der Waals surface area contributed by atoms with E-state index in [0.717, 1.165) is 96.3 Å². The van der Waals surface area contributed by atoms with E-state index in [0.29, 0.717) is 68.0 Å². The molecule has 3 aromatic heterocycles. The van der Waals surface area contributed by atoms with Crippen molar-refractivity contribution in [3.05, 3.63) is 88.9 Å². The number of ether oxygens (including phenoxy) is 3. The van der Waals surface area contributed by atoms with Gasteiger partial charge in [0.2, 0.25) is 17.7 Å². The molecule has 4 N–H and O–H groups in total. The monoisotopic (exact) mass is 1080 g/mol. The van der Waals surface area contributed by atoms with E-state index in [9.17, 15) is 19.5 Å². The first-order valence-electron chi connectivity index (χ1n) is 27.7. The lowest BCUT2D eigenvalue weighted by Crippen LogP contribution is -2.58. The quantitative estimate of drug-likeness (QED) is 0.0572. The van der Waals surface area contributed by atoms with Crippen molar-refractivity contribution in [3.63, 3.8) is 0 Å². The number of benzene rings is 3. The van der Waals surface area contributed by atoms with E-state index in [1.807, 2.05) is 82.6 Å². The molecule has 0 aliphatic carbocycles. The second-order valence-electron chi connectivity index (χ2n) is 22.4. The molecule has 4 aliphatic heterocycles. The maximum Gasteiger partial charge on any atom is 0.319 e. The van der Waals surface area contributed by atoms with Crippen LogP contribution in [0.3, 0.4) is 0 Å². The van der Waals surface area contributed by atoms with Crippen LogP contribution in [0.4, 0.5) is 10.2 Å². The van der Waals surface area contributed by atoms with E-state index in [4.69, 9.17) is 29.2 Å². The lowest BCUT2D eigenvalue weighted by atomic mass is 9.85. The van der Waals surface area contributed by atoms with Crippen LogP contribution in [0.2, 0.25) is 0 Å². The number of piperazine rings is 1. The van der Waals surface area contributed by atoms with Crippen molar-refractivity contribution in [2.24, 2.45) is 5.41 Å². The molecule has 6 aromatic rings. The molecule has 17 nitrogen and oxygen atoms in total. The molecule has 414 valence electrons. The number of aromatic hydroxyl groups is 1. The van der Waals surface area contributed by atoms with Gasteiger partial charge in [0.25, 0.3) is 0 Å². The molecule has 2 bridgehead atoms. The summed E-state index contributed by atoms with van der Waals surface area (Å²) in [5, 5.41) is 22.6. The summed E-state index contributed by atoms with van der Waals surface area (Å²) in [6.45, 7) is 16.4. The third-order valence-electron chi connectivity index (χ3n) is 15.9. The first-order valence-corrected chi connectivity index (χ1v) is 28.6. The maximum absolute atomic E-state index is 17.1. The van der Waals surface area contributed by atoms with Gasteiger partial charge >= 0.3 is 6.01 Å². The number of aryl methyl sites for hydroxylation is 2. The van der Waals surface area contributed by atoms with E-state index in [-0.39, 0.29) is 60.1 Å². The zero-order chi connectivity index (χ0) is 54.7. The van der Waals surface area contributed by atoms with Crippen LogP contribution in [-0.4, -0.2) is 149 Å². The minimum atomic E-state index is -0.861. The number of thiazole rings is 1. The normalized spacial score (nSPS) is 19.9. The van der Waals surface area contributed by atoms with Crippen LogP contribution < -0.4 is 25.6 Å². The Morgan fingerprint density at radius 2 is 1.71 bits per heavy atom. The van der Waals surface area contributed by atoms with E-state index in [1.165, 1.54) is 0 Å². The number of nitrogens with zero attached hydrogens (tertiary/aromatic N) is 7. The molecule has 4 saturated heterocycles. The van der Waals surface area contributed by atoms with E-state index in [2.05, 4.69) is 37.7 Å². The molecule has 3 aromatic carbocycles. The van der Waals surface area contributed by atoms with Crippen LogP contribution in [-0.2, 0) is 30.3 Å². The minimum absolute atomic E-state index is 0.0266. The van der Waals surface area contributed by atoms with Crippen LogP contribution >= 0.6 is 11.3 Å². The molecule has 0 spiro atoms. The highest BCUT2D eigenvalue weighted by Gasteiger charge is 2.42. The average Bonchev–Trinajstić information content (AvgIpc) is 4.31. The van der Waals surface area contributed by atoms with E-state index in [1.54, 1.807) is 34.6 Å². The summed E-state index contributed by atoms with van der Waals surface area (Å²) in [4.78, 5) is 67.0. The number of rotatable bonds is 19. The number of carbonyl (C=O) groups is 3. The number of halogens is 1. The van der Waals surface area contributed by atoms with Crippen LogP contribution in [0, 0.1) is 18.2 Å². The summed E-state index contributed by atoms with van der Waals surface area (Å²) in [5.74, 6) is -0.859. The second-order valence-corrected chi connectivity index (χ2v) is 23.3. The van der Waals surface area contributed by atoms with Gasteiger partial charge in [-0.15, -0.1) is 11.3 Å². The third kappa shape index (κ3) is 12.2. The molecule has 78 heavy (non-hydrogen) atoms. The van der Waals surface area contributed by atoms with Crippen molar-refractivity contribution < 1.29 is 38.1 Å². The van der Waals surface area contributed by atoms with Gasteiger partial charge in [0.1, 0.15) is 48.1 Å². The molecule has 5 atom stereocenters. The molecular weight excluding hydrogens is 1010 g/mol. The number of fused-ring (bicyclic) bond motifs is 4. The van der Waals surface area contributed by atoms with Gasteiger partial charge in [0.15, 0.2) is 5.82 Å². The number of phenols is 1. The van der Waals surface area contributed by atoms with Gasteiger partial charge in [0.05, 0.1) is 46.8 Å². The summed E-state index contributed by atoms with van der Waals surface area (Å²) in [7, 11) is 0. The molecule has 4 fully saturated rings. The molecule has 0 saturated carbocycles. The number of aromatic nitrogens is 4. The highest BCUT2D eigenvalue weighted by atomic mass is 32.1. The lowest BCUT2D eigenvalue weighted by molar-refractivity contribution is -0.144. The summed E-state index contributed by atoms with van der Waals surface area (Å²) in [6, 6.07) is 16.2. The SMILES string of the molecule is CCc1cccc2cc(O)cc(-c3ncc4c(N5CC6CCC(C5)N6)nc(OCCN5CCC(OCCOCC(=O)NC(C(=O)N6CCCC6C(=O)NC(C)c6ccc(-c7scnc7C)cc6)C(C)(C)C)CC5)nc4c3F)c12. The topological polar surface area (TPSA) is 196 Å². The fourth-order valence-corrected chi connectivity index (χ4v) is 12.5. The molecule has 7 heterocycles. The summed E-state index contributed by atoms with van der Waals surface area (Å²) in [6.07, 6.45) is 7.40.